The van der Waals surface area contributed by atoms with Crippen LogP contribution in [0, 0.1) is 6.92 Å². The van der Waals surface area contributed by atoms with E-state index in [2.05, 4.69) is 49.3 Å². The molecule has 15 heavy (non-hydrogen) atoms. The van der Waals surface area contributed by atoms with Crippen LogP contribution >= 0.6 is 0 Å². The standard InChI is InChI=1S/C13H16N2/c1-10-9-13(14-15(10)3)11(2)12-7-5-4-6-8-12/h4-9,11H,1-3H3. The lowest BCUT2D eigenvalue weighted by molar-refractivity contribution is 0.708. The lowest BCUT2D eigenvalue weighted by Gasteiger charge is -2.07. The van der Waals surface area contributed by atoms with Gasteiger partial charge in [-0.15, -0.1) is 0 Å². The molecule has 78 valence electrons. The maximum atomic E-state index is 4.50. The summed E-state index contributed by atoms with van der Waals surface area (Å²) in [4.78, 5) is 0. The van der Waals surface area contributed by atoms with Gasteiger partial charge >= 0.3 is 0 Å². The Labute approximate surface area is 90.6 Å². The van der Waals surface area contributed by atoms with Crippen LogP contribution in [0.1, 0.15) is 29.8 Å². The van der Waals surface area contributed by atoms with Crippen LogP contribution in [0.3, 0.4) is 0 Å². The van der Waals surface area contributed by atoms with Crippen LogP contribution in [0.25, 0.3) is 0 Å². The largest absolute Gasteiger partial charge is 0.273 e. The third kappa shape index (κ3) is 1.94. The van der Waals surface area contributed by atoms with Gasteiger partial charge < -0.3 is 0 Å². The molecule has 2 rings (SSSR count). The molecule has 0 aliphatic heterocycles. The first-order chi connectivity index (χ1) is 7.18. The average Bonchev–Trinajstić information content (AvgIpc) is 2.59. The number of hydrogen-bond acceptors (Lipinski definition) is 1. The van der Waals surface area contributed by atoms with Gasteiger partial charge in [0.15, 0.2) is 0 Å². The van der Waals surface area contributed by atoms with E-state index in [9.17, 15) is 0 Å². The number of hydrogen-bond donors (Lipinski definition) is 0. The van der Waals surface area contributed by atoms with Crippen molar-refractivity contribution < 1.29 is 0 Å². The van der Waals surface area contributed by atoms with Gasteiger partial charge in [0.2, 0.25) is 0 Å². The second kappa shape index (κ2) is 3.89. The van der Waals surface area contributed by atoms with Gasteiger partial charge in [0.25, 0.3) is 0 Å². The van der Waals surface area contributed by atoms with Crippen molar-refractivity contribution >= 4 is 0 Å². The van der Waals surface area contributed by atoms with Gasteiger partial charge in [-0.25, -0.2) is 0 Å². The Morgan fingerprint density at radius 3 is 2.40 bits per heavy atom. The Bertz CT molecular complexity index is 423. The zero-order valence-electron chi connectivity index (χ0n) is 9.44. The number of rotatable bonds is 2. The van der Waals surface area contributed by atoms with Gasteiger partial charge in [0, 0.05) is 18.7 Å². The molecule has 1 aromatic heterocycles. The molecule has 0 aliphatic carbocycles. The molecule has 2 nitrogen and oxygen atoms in total. The molecule has 0 saturated carbocycles. The van der Waals surface area contributed by atoms with Crippen molar-refractivity contribution in [2.75, 3.05) is 0 Å². The Morgan fingerprint density at radius 1 is 1.20 bits per heavy atom. The molecule has 0 aliphatic rings. The third-order valence-electron chi connectivity index (χ3n) is 2.88. The predicted molar refractivity (Wildman–Crippen MR) is 61.9 cm³/mol. The fourth-order valence-electron chi connectivity index (χ4n) is 1.71. The Hall–Kier alpha value is -1.57. The highest BCUT2D eigenvalue weighted by molar-refractivity contribution is 5.28. The van der Waals surface area contributed by atoms with E-state index in [0.717, 1.165) is 5.69 Å². The first kappa shape index (κ1) is 9.97. The summed E-state index contributed by atoms with van der Waals surface area (Å²) in [6.07, 6.45) is 0. The summed E-state index contributed by atoms with van der Waals surface area (Å²) >= 11 is 0. The second-order valence-corrected chi connectivity index (χ2v) is 3.97. The summed E-state index contributed by atoms with van der Waals surface area (Å²) < 4.78 is 1.93. The second-order valence-electron chi connectivity index (χ2n) is 3.97. The molecule has 1 aromatic carbocycles. The Kier molecular flexibility index (Phi) is 2.58. The lowest BCUT2D eigenvalue weighted by atomic mass is 9.98. The normalized spacial score (nSPS) is 12.7. The summed E-state index contributed by atoms with van der Waals surface area (Å²) in [5, 5.41) is 4.50. The highest BCUT2D eigenvalue weighted by atomic mass is 15.3. The number of aromatic nitrogens is 2. The van der Waals surface area contributed by atoms with E-state index < -0.39 is 0 Å². The predicted octanol–water partition coefficient (Wildman–Crippen LogP) is 2.88. The molecule has 2 aromatic rings. The number of nitrogens with zero attached hydrogens (tertiary/aromatic N) is 2. The average molecular weight is 200 g/mol. The minimum absolute atomic E-state index is 0.367. The van der Waals surface area contributed by atoms with Crippen LogP contribution in [0.15, 0.2) is 36.4 Å². The summed E-state index contributed by atoms with van der Waals surface area (Å²) in [6, 6.07) is 12.6. The molecule has 0 bridgehead atoms. The molecule has 1 atom stereocenters. The van der Waals surface area contributed by atoms with E-state index in [1.54, 1.807) is 0 Å². The van der Waals surface area contributed by atoms with Crippen molar-refractivity contribution in [2.45, 2.75) is 19.8 Å². The van der Waals surface area contributed by atoms with Crippen LogP contribution in [0.4, 0.5) is 0 Å². The Morgan fingerprint density at radius 2 is 1.87 bits per heavy atom. The SMILES string of the molecule is Cc1cc(C(C)c2ccccc2)nn1C. The van der Waals surface area contributed by atoms with Crippen molar-refractivity contribution in [3.63, 3.8) is 0 Å². The van der Waals surface area contributed by atoms with Crippen LogP contribution in [-0.4, -0.2) is 9.78 Å². The maximum absolute atomic E-state index is 4.50. The Balaban J connectivity index is 2.32. The minimum atomic E-state index is 0.367. The quantitative estimate of drug-likeness (QED) is 0.729. The van der Waals surface area contributed by atoms with Gasteiger partial charge in [-0.3, -0.25) is 4.68 Å². The third-order valence-corrected chi connectivity index (χ3v) is 2.88. The highest BCUT2D eigenvalue weighted by Crippen LogP contribution is 2.22. The molecule has 0 radical (unpaired) electrons. The summed E-state index contributed by atoms with van der Waals surface area (Å²) in [7, 11) is 1.98. The first-order valence-corrected chi connectivity index (χ1v) is 5.24. The zero-order chi connectivity index (χ0) is 10.8. The van der Waals surface area contributed by atoms with Gasteiger partial charge in [0.1, 0.15) is 0 Å². The fourth-order valence-corrected chi connectivity index (χ4v) is 1.71. The van der Waals surface area contributed by atoms with Crippen LogP contribution in [-0.2, 0) is 7.05 Å². The van der Waals surface area contributed by atoms with Gasteiger partial charge in [-0.1, -0.05) is 37.3 Å². The molecule has 0 amide bonds. The molecule has 0 spiro atoms. The number of aryl methyl sites for hydroxylation is 2. The number of benzene rings is 1. The van der Waals surface area contributed by atoms with Gasteiger partial charge in [0.05, 0.1) is 5.69 Å². The van der Waals surface area contributed by atoms with Crippen LogP contribution in [0.5, 0.6) is 0 Å². The van der Waals surface area contributed by atoms with Crippen molar-refractivity contribution in [3.05, 3.63) is 53.3 Å². The minimum Gasteiger partial charge on any atom is -0.273 e. The van der Waals surface area contributed by atoms with E-state index >= 15 is 0 Å². The monoisotopic (exact) mass is 200 g/mol. The first-order valence-electron chi connectivity index (χ1n) is 5.24. The molecule has 0 fully saturated rings. The smallest absolute Gasteiger partial charge is 0.0699 e. The molecule has 0 N–H and O–H groups in total. The van der Waals surface area contributed by atoms with E-state index in [1.807, 2.05) is 17.8 Å². The van der Waals surface area contributed by atoms with E-state index in [1.165, 1.54) is 11.3 Å². The molecule has 1 unspecified atom stereocenters. The van der Waals surface area contributed by atoms with E-state index in [0.29, 0.717) is 5.92 Å². The van der Waals surface area contributed by atoms with Crippen molar-refractivity contribution in [3.8, 4) is 0 Å². The molecular formula is C13H16N2. The van der Waals surface area contributed by atoms with E-state index in [4.69, 9.17) is 0 Å². The molecular weight excluding hydrogens is 184 g/mol. The lowest BCUT2D eigenvalue weighted by Crippen LogP contribution is -1.98. The van der Waals surface area contributed by atoms with Crippen LogP contribution < -0.4 is 0 Å². The summed E-state index contributed by atoms with van der Waals surface area (Å²) in [6.45, 7) is 4.27. The summed E-state index contributed by atoms with van der Waals surface area (Å²) in [5.41, 5.74) is 3.66. The highest BCUT2D eigenvalue weighted by Gasteiger charge is 2.11. The van der Waals surface area contributed by atoms with Crippen molar-refractivity contribution in [1.82, 2.24) is 9.78 Å². The van der Waals surface area contributed by atoms with E-state index in [-0.39, 0.29) is 0 Å². The zero-order valence-corrected chi connectivity index (χ0v) is 9.44. The van der Waals surface area contributed by atoms with Crippen molar-refractivity contribution in [2.24, 2.45) is 7.05 Å². The summed E-state index contributed by atoms with van der Waals surface area (Å²) in [5.74, 6) is 0.367. The fraction of sp³-hybridized carbons (Fsp3) is 0.308. The van der Waals surface area contributed by atoms with Crippen LogP contribution in [0.2, 0.25) is 0 Å². The molecule has 0 saturated heterocycles. The topological polar surface area (TPSA) is 17.8 Å². The van der Waals surface area contributed by atoms with Gasteiger partial charge in [-0.2, -0.15) is 5.10 Å². The van der Waals surface area contributed by atoms with Gasteiger partial charge in [-0.05, 0) is 18.6 Å². The molecule has 2 heteroatoms. The maximum Gasteiger partial charge on any atom is 0.0699 e. The van der Waals surface area contributed by atoms with Crippen molar-refractivity contribution in [1.29, 1.82) is 0 Å². The molecule has 1 heterocycles.